The average molecular weight is 353 g/mol. The Labute approximate surface area is 151 Å². The Balaban J connectivity index is 1.47. The van der Waals surface area contributed by atoms with Crippen LogP contribution >= 0.6 is 0 Å². The molecule has 6 heteroatoms. The molecule has 1 unspecified atom stereocenters. The second-order valence-electron chi connectivity index (χ2n) is 6.44. The Hall–Kier alpha value is -2.73. The lowest BCUT2D eigenvalue weighted by Crippen LogP contribution is -2.40. The first-order valence-electron chi connectivity index (χ1n) is 8.76. The van der Waals surface area contributed by atoms with E-state index in [0.717, 1.165) is 11.1 Å². The van der Waals surface area contributed by atoms with Crippen LogP contribution in [0.3, 0.4) is 0 Å². The van der Waals surface area contributed by atoms with Crippen molar-refractivity contribution < 1.29 is 13.9 Å². The first-order valence-corrected chi connectivity index (χ1v) is 8.76. The number of nitrogens with zero attached hydrogens (tertiary/aromatic N) is 3. The van der Waals surface area contributed by atoms with Gasteiger partial charge in [0.2, 0.25) is 0 Å². The fourth-order valence-corrected chi connectivity index (χ4v) is 3.20. The summed E-state index contributed by atoms with van der Waals surface area (Å²) in [7, 11) is 0. The Morgan fingerprint density at radius 3 is 2.62 bits per heavy atom. The minimum absolute atomic E-state index is 0.0328. The molecule has 134 valence electrons. The Kier molecular flexibility index (Phi) is 4.67. The van der Waals surface area contributed by atoms with Crippen molar-refractivity contribution in [2.75, 3.05) is 26.3 Å². The molecule has 2 aromatic rings. The summed E-state index contributed by atoms with van der Waals surface area (Å²) in [6, 6.07) is 7.61. The highest BCUT2D eigenvalue weighted by Crippen LogP contribution is 2.25. The fourth-order valence-electron chi connectivity index (χ4n) is 3.20. The van der Waals surface area contributed by atoms with Crippen molar-refractivity contribution >= 4 is 5.91 Å². The van der Waals surface area contributed by atoms with E-state index in [1.54, 1.807) is 12.3 Å². The molecular weight excluding hydrogens is 333 g/mol. The van der Waals surface area contributed by atoms with Crippen LogP contribution in [0.15, 0.2) is 60.7 Å². The fraction of sp³-hybridized carbons (Fsp3) is 0.300. The second-order valence-corrected chi connectivity index (χ2v) is 6.44. The van der Waals surface area contributed by atoms with E-state index in [2.05, 4.69) is 5.10 Å². The van der Waals surface area contributed by atoms with E-state index in [4.69, 9.17) is 4.74 Å². The quantitative estimate of drug-likeness (QED) is 0.850. The monoisotopic (exact) mass is 353 g/mol. The molecule has 0 N–H and O–H groups in total. The Morgan fingerprint density at radius 2 is 1.92 bits per heavy atom. The zero-order valence-corrected chi connectivity index (χ0v) is 14.3. The summed E-state index contributed by atoms with van der Waals surface area (Å²) in [6.45, 7) is 2.46. The molecule has 1 saturated heterocycles. The van der Waals surface area contributed by atoms with Gasteiger partial charge in [-0.05, 0) is 36.3 Å². The molecule has 0 saturated carbocycles. The summed E-state index contributed by atoms with van der Waals surface area (Å²) in [4.78, 5) is 14.3. The smallest absolute Gasteiger partial charge is 0.254 e. The molecule has 1 aromatic carbocycles. The number of hydrogen-bond acceptors (Lipinski definition) is 3. The largest absolute Gasteiger partial charge is 0.378 e. The van der Waals surface area contributed by atoms with Crippen molar-refractivity contribution in [2.45, 2.75) is 12.5 Å². The average Bonchev–Trinajstić information content (AvgIpc) is 3.19. The van der Waals surface area contributed by atoms with E-state index in [1.165, 1.54) is 6.08 Å². The third-order valence-corrected chi connectivity index (χ3v) is 4.74. The van der Waals surface area contributed by atoms with Crippen molar-refractivity contribution in [1.29, 1.82) is 0 Å². The summed E-state index contributed by atoms with van der Waals surface area (Å²) in [6.07, 6.45) is 9.19. The zero-order chi connectivity index (χ0) is 17.9. The molecule has 1 atom stereocenters. The predicted molar refractivity (Wildman–Crippen MR) is 96.4 cm³/mol. The SMILES string of the molecule is O=C(c1ccc(-c2cnn(C3C=CC(F)=CC3)c2)cc1)N1CCOCC1. The van der Waals surface area contributed by atoms with Crippen molar-refractivity contribution in [3.8, 4) is 11.1 Å². The van der Waals surface area contributed by atoms with E-state index in [0.29, 0.717) is 38.3 Å². The zero-order valence-electron chi connectivity index (χ0n) is 14.3. The van der Waals surface area contributed by atoms with Crippen molar-refractivity contribution in [1.82, 2.24) is 14.7 Å². The summed E-state index contributed by atoms with van der Waals surface area (Å²) in [5, 5.41) is 4.40. The van der Waals surface area contributed by atoms with Gasteiger partial charge in [-0.15, -0.1) is 0 Å². The molecule has 4 rings (SSSR count). The van der Waals surface area contributed by atoms with E-state index >= 15 is 0 Å². The number of aromatic nitrogens is 2. The number of benzene rings is 1. The van der Waals surface area contributed by atoms with Gasteiger partial charge >= 0.3 is 0 Å². The number of amides is 1. The van der Waals surface area contributed by atoms with Gasteiger partial charge in [-0.1, -0.05) is 18.2 Å². The maximum atomic E-state index is 13.1. The molecule has 1 aliphatic heterocycles. The van der Waals surface area contributed by atoms with Gasteiger partial charge in [-0.3, -0.25) is 9.48 Å². The van der Waals surface area contributed by atoms with Gasteiger partial charge < -0.3 is 9.64 Å². The van der Waals surface area contributed by atoms with Crippen LogP contribution in [0.1, 0.15) is 22.8 Å². The number of halogens is 1. The van der Waals surface area contributed by atoms with E-state index in [9.17, 15) is 9.18 Å². The van der Waals surface area contributed by atoms with E-state index < -0.39 is 0 Å². The van der Waals surface area contributed by atoms with E-state index in [-0.39, 0.29) is 17.8 Å². The van der Waals surface area contributed by atoms with Gasteiger partial charge in [0.1, 0.15) is 5.83 Å². The minimum Gasteiger partial charge on any atom is -0.378 e. The molecule has 0 radical (unpaired) electrons. The molecule has 5 nitrogen and oxygen atoms in total. The van der Waals surface area contributed by atoms with Crippen molar-refractivity contribution in [2.24, 2.45) is 0 Å². The molecule has 1 amide bonds. The van der Waals surface area contributed by atoms with Crippen molar-refractivity contribution in [3.63, 3.8) is 0 Å². The molecule has 1 aromatic heterocycles. The maximum Gasteiger partial charge on any atom is 0.254 e. The Bertz CT molecular complexity index is 848. The molecule has 1 fully saturated rings. The number of allylic oxidation sites excluding steroid dienone is 4. The third-order valence-electron chi connectivity index (χ3n) is 4.74. The summed E-state index contributed by atoms with van der Waals surface area (Å²) in [5.74, 6) is -0.161. The number of ether oxygens (including phenoxy) is 1. The molecule has 2 heterocycles. The summed E-state index contributed by atoms with van der Waals surface area (Å²) >= 11 is 0. The molecule has 0 bridgehead atoms. The highest BCUT2D eigenvalue weighted by atomic mass is 19.1. The van der Waals surface area contributed by atoms with Gasteiger partial charge in [0.15, 0.2) is 0 Å². The number of carbonyl (C=O) groups excluding carboxylic acids is 1. The van der Waals surface area contributed by atoms with Crippen LogP contribution in [0, 0.1) is 0 Å². The highest BCUT2D eigenvalue weighted by Gasteiger charge is 2.18. The molecule has 1 aliphatic carbocycles. The summed E-state index contributed by atoms with van der Waals surface area (Å²) < 4.78 is 20.2. The lowest BCUT2D eigenvalue weighted by atomic mass is 10.1. The van der Waals surface area contributed by atoms with Crippen LogP contribution in [0.4, 0.5) is 4.39 Å². The van der Waals surface area contributed by atoms with Crippen LogP contribution in [-0.2, 0) is 4.74 Å². The first-order chi connectivity index (χ1) is 12.7. The topological polar surface area (TPSA) is 47.4 Å². The van der Waals surface area contributed by atoms with Gasteiger partial charge in [0, 0.05) is 30.4 Å². The lowest BCUT2D eigenvalue weighted by molar-refractivity contribution is 0.0303. The van der Waals surface area contributed by atoms with Gasteiger partial charge in [0.05, 0.1) is 25.5 Å². The number of rotatable bonds is 3. The van der Waals surface area contributed by atoms with Crippen LogP contribution in [0.5, 0.6) is 0 Å². The molecule has 2 aliphatic rings. The molecular formula is C20H20FN3O2. The first kappa shape index (κ1) is 16.7. The lowest BCUT2D eigenvalue weighted by Gasteiger charge is -2.26. The normalized spacial score (nSPS) is 20.1. The second kappa shape index (κ2) is 7.25. The highest BCUT2D eigenvalue weighted by molar-refractivity contribution is 5.94. The third kappa shape index (κ3) is 3.46. The summed E-state index contributed by atoms with van der Waals surface area (Å²) in [5.41, 5.74) is 2.65. The van der Waals surface area contributed by atoms with Gasteiger partial charge in [0.25, 0.3) is 5.91 Å². The van der Waals surface area contributed by atoms with Gasteiger partial charge in [-0.25, -0.2) is 4.39 Å². The van der Waals surface area contributed by atoms with Gasteiger partial charge in [-0.2, -0.15) is 5.10 Å². The predicted octanol–water partition coefficient (Wildman–Crippen LogP) is 3.38. The number of morpholine rings is 1. The molecule has 0 spiro atoms. The molecule has 26 heavy (non-hydrogen) atoms. The minimum atomic E-state index is -0.200. The van der Waals surface area contributed by atoms with Crippen molar-refractivity contribution in [3.05, 3.63) is 66.3 Å². The van der Waals surface area contributed by atoms with Crippen LogP contribution < -0.4 is 0 Å². The van der Waals surface area contributed by atoms with E-state index in [1.807, 2.05) is 46.1 Å². The Morgan fingerprint density at radius 1 is 1.15 bits per heavy atom. The van der Waals surface area contributed by atoms with Crippen LogP contribution in [0.2, 0.25) is 0 Å². The van der Waals surface area contributed by atoms with Crippen LogP contribution in [0.25, 0.3) is 11.1 Å². The number of hydrogen-bond donors (Lipinski definition) is 0. The maximum absolute atomic E-state index is 13.1. The number of carbonyl (C=O) groups is 1. The standard InChI is InChI=1S/C20H20FN3O2/c21-18-5-7-19(8-6-18)24-14-17(13-22-24)15-1-3-16(4-2-15)20(25)23-9-11-26-12-10-23/h1-7,13-14,19H,8-12H2. The van der Waals surface area contributed by atoms with Crippen LogP contribution in [-0.4, -0.2) is 46.9 Å².